The molecule has 3 aromatic rings. The molecule has 0 bridgehead atoms. The Labute approximate surface area is 162 Å². The van der Waals surface area contributed by atoms with Crippen LogP contribution in [0, 0.1) is 0 Å². The van der Waals surface area contributed by atoms with Gasteiger partial charge in [-0.3, -0.25) is 14.2 Å². The van der Waals surface area contributed by atoms with Crippen LogP contribution in [0.25, 0.3) is 10.9 Å². The number of fused-ring (bicyclic) bond motifs is 1. The fourth-order valence-corrected chi connectivity index (χ4v) is 3.65. The number of unbranched alkanes of at least 4 members (excludes halogenated alkanes) is 1. The molecule has 1 atom stereocenters. The van der Waals surface area contributed by atoms with Crippen molar-refractivity contribution in [3.05, 3.63) is 58.8 Å². The number of hydrogen-bond donors (Lipinski definition) is 1. The van der Waals surface area contributed by atoms with Gasteiger partial charge in [0, 0.05) is 6.54 Å². The van der Waals surface area contributed by atoms with E-state index in [4.69, 9.17) is 4.42 Å². The number of carbonyl (C=O) groups is 1. The van der Waals surface area contributed by atoms with Crippen molar-refractivity contribution in [1.29, 1.82) is 0 Å². The van der Waals surface area contributed by atoms with Gasteiger partial charge < -0.3 is 9.73 Å². The third kappa shape index (κ3) is 4.60. The molecule has 0 aliphatic carbocycles. The van der Waals surface area contributed by atoms with Crippen LogP contribution in [0.5, 0.6) is 0 Å². The SMILES string of the molecule is CCCCn1c(SC(C)C(=O)NCc2ccco2)nc2ccccc2c1=O. The van der Waals surface area contributed by atoms with Gasteiger partial charge in [0.05, 0.1) is 29.0 Å². The van der Waals surface area contributed by atoms with E-state index < -0.39 is 0 Å². The predicted octanol–water partition coefficient (Wildman–Crippen LogP) is 3.59. The minimum Gasteiger partial charge on any atom is -0.467 e. The molecule has 7 heteroatoms. The highest BCUT2D eigenvalue weighted by Crippen LogP contribution is 2.23. The van der Waals surface area contributed by atoms with Crippen LogP contribution in [0.3, 0.4) is 0 Å². The average Bonchev–Trinajstić information content (AvgIpc) is 3.19. The third-order valence-electron chi connectivity index (χ3n) is 4.23. The molecule has 6 nitrogen and oxygen atoms in total. The van der Waals surface area contributed by atoms with Gasteiger partial charge in [-0.1, -0.05) is 37.2 Å². The smallest absolute Gasteiger partial charge is 0.262 e. The number of para-hydroxylation sites is 1. The van der Waals surface area contributed by atoms with Gasteiger partial charge in [0.1, 0.15) is 5.76 Å². The summed E-state index contributed by atoms with van der Waals surface area (Å²) in [6, 6.07) is 10.9. The molecule has 142 valence electrons. The lowest BCUT2D eigenvalue weighted by Crippen LogP contribution is -2.31. The fourth-order valence-electron chi connectivity index (χ4n) is 2.69. The van der Waals surface area contributed by atoms with E-state index in [0.29, 0.717) is 34.9 Å². The van der Waals surface area contributed by atoms with Gasteiger partial charge >= 0.3 is 0 Å². The highest BCUT2D eigenvalue weighted by molar-refractivity contribution is 8.00. The zero-order valence-electron chi connectivity index (χ0n) is 15.5. The van der Waals surface area contributed by atoms with Gasteiger partial charge in [0.2, 0.25) is 5.91 Å². The molecule has 3 rings (SSSR count). The van der Waals surface area contributed by atoms with Gasteiger partial charge in [-0.15, -0.1) is 0 Å². The summed E-state index contributed by atoms with van der Waals surface area (Å²) in [5.74, 6) is 0.574. The quantitative estimate of drug-likeness (QED) is 0.474. The summed E-state index contributed by atoms with van der Waals surface area (Å²) < 4.78 is 6.92. The van der Waals surface area contributed by atoms with Gasteiger partial charge in [-0.05, 0) is 37.6 Å². The van der Waals surface area contributed by atoms with E-state index >= 15 is 0 Å². The Balaban J connectivity index is 1.81. The molecule has 0 aliphatic rings. The lowest BCUT2D eigenvalue weighted by Gasteiger charge is -2.16. The molecule has 0 saturated carbocycles. The van der Waals surface area contributed by atoms with Crippen LogP contribution in [-0.2, 0) is 17.9 Å². The van der Waals surface area contributed by atoms with Crippen molar-refractivity contribution in [2.24, 2.45) is 0 Å². The summed E-state index contributed by atoms with van der Waals surface area (Å²) in [7, 11) is 0. The molecule has 0 radical (unpaired) electrons. The van der Waals surface area contributed by atoms with E-state index in [0.717, 1.165) is 12.8 Å². The monoisotopic (exact) mass is 385 g/mol. The molecule has 2 heterocycles. The highest BCUT2D eigenvalue weighted by Gasteiger charge is 2.19. The van der Waals surface area contributed by atoms with Crippen molar-refractivity contribution >= 4 is 28.6 Å². The largest absolute Gasteiger partial charge is 0.467 e. The number of hydrogen-bond acceptors (Lipinski definition) is 5. The van der Waals surface area contributed by atoms with E-state index in [2.05, 4.69) is 17.2 Å². The number of nitrogens with one attached hydrogen (secondary N) is 1. The summed E-state index contributed by atoms with van der Waals surface area (Å²) in [5, 5.41) is 3.64. The first-order chi connectivity index (χ1) is 13.1. The molecule has 1 unspecified atom stereocenters. The van der Waals surface area contributed by atoms with Gasteiger partial charge in [0.15, 0.2) is 5.16 Å². The van der Waals surface area contributed by atoms with Crippen molar-refractivity contribution in [1.82, 2.24) is 14.9 Å². The summed E-state index contributed by atoms with van der Waals surface area (Å²) in [5.41, 5.74) is 0.598. The van der Waals surface area contributed by atoms with Crippen molar-refractivity contribution in [3.63, 3.8) is 0 Å². The van der Waals surface area contributed by atoms with Crippen molar-refractivity contribution in [2.75, 3.05) is 0 Å². The van der Waals surface area contributed by atoms with Gasteiger partial charge in [-0.25, -0.2) is 4.98 Å². The maximum atomic E-state index is 12.9. The van der Waals surface area contributed by atoms with Crippen molar-refractivity contribution in [2.45, 2.75) is 50.2 Å². The lowest BCUT2D eigenvalue weighted by atomic mass is 10.2. The molecule has 1 N–H and O–H groups in total. The Hall–Kier alpha value is -2.54. The Morgan fingerprint density at radius 2 is 2.11 bits per heavy atom. The zero-order valence-corrected chi connectivity index (χ0v) is 16.3. The molecule has 1 aromatic carbocycles. The number of aromatic nitrogens is 2. The first kappa shape index (κ1) is 19.2. The fraction of sp³-hybridized carbons (Fsp3) is 0.350. The van der Waals surface area contributed by atoms with Crippen molar-refractivity contribution in [3.8, 4) is 0 Å². The van der Waals surface area contributed by atoms with Crippen LogP contribution in [0.1, 0.15) is 32.4 Å². The van der Waals surface area contributed by atoms with E-state index in [1.807, 2.05) is 31.2 Å². The third-order valence-corrected chi connectivity index (χ3v) is 5.32. The van der Waals surface area contributed by atoms with Crippen LogP contribution in [0.2, 0.25) is 0 Å². The molecule has 0 fully saturated rings. The number of amides is 1. The summed E-state index contributed by atoms with van der Waals surface area (Å²) in [4.78, 5) is 30.0. The molecule has 0 saturated heterocycles. The standard InChI is InChI=1S/C20H23N3O3S/c1-3-4-11-23-19(25)16-9-5-6-10-17(16)22-20(23)27-14(2)18(24)21-13-15-8-7-12-26-15/h5-10,12,14H,3-4,11,13H2,1-2H3,(H,21,24). The van der Waals surface area contributed by atoms with Crippen LogP contribution >= 0.6 is 11.8 Å². The van der Waals surface area contributed by atoms with Crippen LogP contribution < -0.4 is 10.9 Å². The molecule has 1 amide bonds. The lowest BCUT2D eigenvalue weighted by molar-refractivity contribution is -0.120. The maximum Gasteiger partial charge on any atom is 0.262 e. The second-order valence-corrected chi connectivity index (χ2v) is 7.59. The van der Waals surface area contributed by atoms with Crippen LogP contribution in [0.4, 0.5) is 0 Å². The van der Waals surface area contributed by atoms with Gasteiger partial charge in [-0.2, -0.15) is 0 Å². The van der Waals surface area contributed by atoms with E-state index in [9.17, 15) is 9.59 Å². The topological polar surface area (TPSA) is 77.1 Å². The normalized spacial score (nSPS) is 12.2. The molecular weight excluding hydrogens is 362 g/mol. The first-order valence-corrected chi connectivity index (χ1v) is 9.94. The highest BCUT2D eigenvalue weighted by atomic mass is 32.2. The Kier molecular flexibility index (Phi) is 6.34. The summed E-state index contributed by atoms with van der Waals surface area (Å²) in [6.45, 7) is 4.82. The number of thioether (sulfide) groups is 1. The number of benzene rings is 1. The summed E-state index contributed by atoms with van der Waals surface area (Å²) >= 11 is 1.30. The zero-order chi connectivity index (χ0) is 19.2. The Morgan fingerprint density at radius 1 is 1.30 bits per heavy atom. The Morgan fingerprint density at radius 3 is 2.85 bits per heavy atom. The molecule has 0 aliphatic heterocycles. The van der Waals surface area contributed by atoms with E-state index in [-0.39, 0.29) is 16.7 Å². The Bertz CT molecular complexity index is 966. The van der Waals surface area contributed by atoms with Gasteiger partial charge in [0.25, 0.3) is 5.56 Å². The predicted molar refractivity (Wildman–Crippen MR) is 107 cm³/mol. The number of furan rings is 1. The average molecular weight is 385 g/mol. The second-order valence-electron chi connectivity index (χ2n) is 6.28. The van der Waals surface area contributed by atoms with Crippen LogP contribution in [-0.4, -0.2) is 20.7 Å². The van der Waals surface area contributed by atoms with Crippen LogP contribution in [0.15, 0.2) is 57.0 Å². The minimum atomic E-state index is -0.388. The molecule has 27 heavy (non-hydrogen) atoms. The first-order valence-electron chi connectivity index (χ1n) is 9.06. The second kappa shape index (κ2) is 8.90. The molecule has 0 spiro atoms. The number of rotatable bonds is 8. The number of carbonyl (C=O) groups excluding carboxylic acids is 1. The van der Waals surface area contributed by atoms with Crippen molar-refractivity contribution < 1.29 is 9.21 Å². The molecule has 2 aromatic heterocycles. The minimum absolute atomic E-state index is 0.0558. The maximum absolute atomic E-state index is 12.9. The van der Waals surface area contributed by atoms with E-state index in [1.165, 1.54) is 11.8 Å². The summed E-state index contributed by atoms with van der Waals surface area (Å²) in [6.07, 6.45) is 3.43. The van der Waals surface area contributed by atoms with E-state index in [1.54, 1.807) is 23.0 Å². The number of nitrogens with zero attached hydrogens (tertiary/aromatic N) is 2. The molecular formula is C20H23N3O3S.